The van der Waals surface area contributed by atoms with Crippen LogP contribution in [0.5, 0.6) is 5.75 Å². The Hall–Kier alpha value is -2.54. The molecule has 1 saturated carbocycles. The Balaban J connectivity index is 1.24. The summed E-state index contributed by atoms with van der Waals surface area (Å²) in [5.74, 6) is 2.52. The van der Waals surface area contributed by atoms with E-state index in [9.17, 15) is 9.59 Å². The van der Waals surface area contributed by atoms with Gasteiger partial charge in [0.25, 0.3) is 0 Å². The lowest BCUT2D eigenvalue weighted by atomic mass is 9.49. The summed E-state index contributed by atoms with van der Waals surface area (Å²) in [6.07, 6.45) is 6.36. The average Bonchev–Trinajstić information content (AvgIpc) is 2.88. The monoisotopic (exact) mass is 496 g/mol. The van der Waals surface area contributed by atoms with E-state index in [0.717, 1.165) is 62.9 Å². The Labute approximate surface area is 216 Å². The molecule has 36 heavy (non-hydrogen) atoms. The number of urea groups is 1. The second-order valence-corrected chi connectivity index (χ2v) is 11.1. The number of piperazine rings is 1. The maximum absolute atomic E-state index is 13.0. The number of hydrogen-bond donors (Lipinski definition) is 1. The summed E-state index contributed by atoms with van der Waals surface area (Å²) in [4.78, 5) is 32.0. The zero-order valence-electron chi connectivity index (χ0n) is 22.6. The minimum Gasteiger partial charge on any atom is -0.494 e. The van der Waals surface area contributed by atoms with Crippen molar-refractivity contribution in [2.45, 2.75) is 53.4 Å². The van der Waals surface area contributed by atoms with Crippen molar-refractivity contribution in [3.05, 3.63) is 35.9 Å². The number of benzene rings is 1. The number of fused-ring (bicyclic) bond motifs is 1. The average molecular weight is 497 g/mol. The topological polar surface area (TPSA) is 65.1 Å². The van der Waals surface area contributed by atoms with Gasteiger partial charge in [0, 0.05) is 57.9 Å². The predicted molar refractivity (Wildman–Crippen MR) is 144 cm³/mol. The number of carbonyl (C=O) groups excluding carboxylic acids is 2. The van der Waals surface area contributed by atoms with Crippen LogP contribution in [-0.4, -0.2) is 79.1 Å². The first-order valence-electron chi connectivity index (χ1n) is 13.8. The van der Waals surface area contributed by atoms with Crippen molar-refractivity contribution in [3.8, 4) is 5.75 Å². The quantitative estimate of drug-likeness (QED) is 0.470. The molecule has 2 unspecified atom stereocenters. The number of ether oxygens (including phenoxy) is 1. The highest BCUT2D eigenvalue weighted by Crippen LogP contribution is 2.59. The summed E-state index contributed by atoms with van der Waals surface area (Å²) in [7, 11) is 0. The van der Waals surface area contributed by atoms with E-state index in [1.165, 1.54) is 12.0 Å². The number of nitrogens with one attached hydrogen (secondary N) is 1. The van der Waals surface area contributed by atoms with Gasteiger partial charge >= 0.3 is 6.03 Å². The van der Waals surface area contributed by atoms with E-state index in [1.807, 2.05) is 36.1 Å². The maximum atomic E-state index is 13.0. The van der Waals surface area contributed by atoms with Crippen molar-refractivity contribution in [1.29, 1.82) is 0 Å². The van der Waals surface area contributed by atoms with Gasteiger partial charge in [-0.25, -0.2) is 4.79 Å². The molecule has 3 aliphatic carbocycles. The highest BCUT2D eigenvalue weighted by Gasteiger charge is 2.51. The fraction of sp³-hybridized carbons (Fsp3) is 0.655. The molecule has 1 aromatic carbocycles. The number of amides is 3. The van der Waals surface area contributed by atoms with Crippen LogP contribution in [0.15, 0.2) is 35.9 Å². The van der Waals surface area contributed by atoms with Gasteiger partial charge in [-0.3, -0.25) is 9.69 Å². The Morgan fingerprint density at radius 2 is 1.83 bits per heavy atom. The van der Waals surface area contributed by atoms with Crippen LogP contribution in [0.2, 0.25) is 0 Å². The minimum atomic E-state index is -0.0655. The van der Waals surface area contributed by atoms with Crippen LogP contribution < -0.4 is 10.1 Å². The smallest absolute Gasteiger partial charge is 0.321 e. The summed E-state index contributed by atoms with van der Waals surface area (Å²) in [6, 6.07) is 7.41. The first-order valence-corrected chi connectivity index (χ1v) is 13.8. The fourth-order valence-corrected chi connectivity index (χ4v) is 5.98. The number of carbonyl (C=O) groups is 2. The van der Waals surface area contributed by atoms with Crippen LogP contribution >= 0.6 is 0 Å². The molecule has 0 aromatic heterocycles. The number of allylic oxidation sites excluding steroid dienone is 1. The van der Waals surface area contributed by atoms with Gasteiger partial charge in [-0.2, -0.15) is 0 Å². The molecule has 3 amide bonds. The maximum Gasteiger partial charge on any atom is 0.321 e. The third-order valence-corrected chi connectivity index (χ3v) is 8.53. The van der Waals surface area contributed by atoms with Crippen molar-refractivity contribution >= 4 is 17.6 Å². The molecule has 1 saturated heterocycles. The zero-order chi connectivity index (χ0) is 25.7. The molecule has 7 nitrogen and oxygen atoms in total. The molecular weight excluding hydrogens is 452 g/mol. The molecule has 7 heteroatoms. The summed E-state index contributed by atoms with van der Waals surface area (Å²) >= 11 is 0. The van der Waals surface area contributed by atoms with Gasteiger partial charge in [0.05, 0.1) is 6.61 Å². The summed E-state index contributed by atoms with van der Waals surface area (Å²) in [6.45, 7) is 14.9. The molecular formula is C29H44N4O3. The fourth-order valence-electron chi connectivity index (χ4n) is 5.98. The van der Waals surface area contributed by atoms with Crippen LogP contribution in [0.3, 0.4) is 0 Å². The van der Waals surface area contributed by atoms with Gasteiger partial charge in [-0.15, -0.1) is 0 Å². The highest BCUT2D eigenvalue weighted by molar-refractivity contribution is 5.89. The van der Waals surface area contributed by atoms with Crippen molar-refractivity contribution < 1.29 is 14.3 Å². The molecule has 0 radical (unpaired) electrons. The molecule has 2 atom stereocenters. The standard InChI is InChI=1S/C29H44N4O3/c1-5-7-27(34)33(21-22-8-9-23-20-26(22)29(23,3)4)19-16-31-14-17-32(18-15-31)28(35)30-24-10-12-25(13-11-24)36-6-2/h8,10-13,23,26H,5-7,9,14-21H2,1-4H3,(H,30,35). The van der Waals surface area contributed by atoms with Crippen molar-refractivity contribution in [3.63, 3.8) is 0 Å². The summed E-state index contributed by atoms with van der Waals surface area (Å²) in [5.41, 5.74) is 2.63. The number of nitrogens with zero attached hydrogens (tertiary/aromatic N) is 3. The van der Waals surface area contributed by atoms with Crippen molar-refractivity contribution in [2.24, 2.45) is 17.3 Å². The molecule has 2 bridgehead atoms. The third kappa shape index (κ3) is 6.05. The van der Waals surface area contributed by atoms with Gasteiger partial charge in [-0.1, -0.05) is 32.4 Å². The van der Waals surface area contributed by atoms with Gasteiger partial charge in [0.1, 0.15) is 5.75 Å². The van der Waals surface area contributed by atoms with E-state index in [1.54, 1.807) is 0 Å². The van der Waals surface area contributed by atoms with E-state index < -0.39 is 0 Å². The normalized spacial score (nSPS) is 22.9. The van der Waals surface area contributed by atoms with Gasteiger partial charge in [-0.05, 0) is 67.7 Å². The van der Waals surface area contributed by atoms with Crippen LogP contribution in [0, 0.1) is 17.3 Å². The lowest BCUT2D eigenvalue weighted by Gasteiger charge is -2.57. The molecule has 198 valence electrons. The summed E-state index contributed by atoms with van der Waals surface area (Å²) < 4.78 is 5.46. The summed E-state index contributed by atoms with van der Waals surface area (Å²) in [5, 5.41) is 2.99. The second-order valence-electron chi connectivity index (χ2n) is 11.1. The van der Waals surface area contributed by atoms with Crippen molar-refractivity contribution in [1.82, 2.24) is 14.7 Å². The second kappa shape index (κ2) is 11.7. The highest BCUT2D eigenvalue weighted by atomic mass is 16.5. The first-order chi connectivity index (χ1) is 17.3. The van der Waals surface area contributed by atoms with E-state index in [0.29, 0.717) is 37.5 Å². The predicted octanol–water partition coefficient (Wildman–Crippen LogP) is 4.86. The Kier molecular flexibility index (Phi) is 8.60. The molecule has 4 aliphatic rings. The lowest BCUT2D eigenvalue weighted by molar-refractivity contribution is -0.131. The molecule has 1 aliphatic heterocycles. The molecule has 1 N–H and O–H groups in total. The third-order valence-electron chi connectivity index (χ3n) is 8.53. The van der Waals surface area contributed by atoms with E-state index in [4.69, 9.17) is 4.74 Å². The van der Waals surface area contributed by atoms with Crippen LogP contribution in [0.4, 0.5) is 10.5 Å². The van der Waals surface area contributed by atoms with Crippen LogP contribution in [0.1, 0.15) is 53.4 Å². The molecule has 5 rings (SSSR count). The molecule has 0 spiro atoms. The van der Waals surface area contributed by atoms with E-state index >= 15 is 0 Å². The Bertz CT molecular complexity index is 934. The zero-order valence-corrected chi connectivity index (χ0v) is 22.6. The Morgan fingerprint density at radius 1 is 1.11 bits per heavy atom. The SMILES string of the molecule is CCCC(=O)N(CCN1CCN(C(=O)Nc2ccc(OCC)cc2)CC1)CC1=CCC2CC1C2(C)C. The van der Waals surface area contributed by atoms with Crippen molar-refractivity contribution in [2.75, 3.05) is 57.7 Å². The number of rotatable bonds is 10. The van der Waals surface area contributed by atoms with Crippen LogP contribution in [-0.2, 0) is 4.79 Å². The van der Waals surface area contributed by atoms with E-state index in [-0.39, 0.29) is 11.9 Å². The van der Waals surface area contributed by atoms with Gasteiger partial charge < -0.3 is 19.9 Å². The lowest BCUT2D eigenvalue weighted by Crippen LogP contribution is -2.52. The van der Waals surface area contributed by atoms with Gasteiger partial charge in [0.15, 0.2) is 0 Å². The molecule has 1 heterocycles. The molecule has 2 fully saturated rings. The number of hydrogen-bond acceptors (Lipinski definition) is 4. The Morgan fingerprint density at radius 3 is 2.44 bits per heavy atom. The van der Waals surface area contributed by atoms with Crippen LogP contribution in [0.25, 0.3) is 0 Å². The van der Waals surface area contributed by atoms with Gasteiger partial charge in [0.2, 0.25) is 5.91 Å². The van der Waals surface area contributed by atoms with E-state index in [2.05, 4.69) is 42.0 Å². The number of anilines is 1. The largest absolute Gasteiger partial charge is 0.494 e. The first kappa shape index (κ1) is 26.5. The molecule has 1 aromatic rings. The minimum absolute atomic E-state index is 0.0655.